The molecule has 15 heavy (non-hydrogen) atoms. The van der Waals surface area contributed by atoms with Gasteiger partial charge in [0, 0.05) is 0 Å². The molecule has 84 valence electrons. The number of barbiturate groups is 1. The Labute approximate surface area is 84.8 Å². The van der Waals surface area contributed by atoms with Crippen molar-refractivity contribution < 1.29 is 27.4 Å². The lowest BCUT2D eigenvalue weighted by molar-refractivity contribution is -0.135. The van der Waals surface area contributed by atoms with Gasteiger partial charge in [0.25, 0.3) is 10.1 Å². The Morgan fingerprint density at radius 2 is 1.60 bits per heavy atom. The molecule has 1 fully saturated rings. The molecule has 0 aliphatic carbocycles. The van der Waals surface area contributed by atoms with Gasteiger partial charge in [-0.3, -0.25) is 24.8 Å². The molecule has 0 atom stereocenters. The molecule has 8 nitrogen and oxygen atoms in total. The molecule has 1 rings (SSSR count). The lowest BCUT2D eigenvalue weighted by Gasteiger charge is -2.19. The summed E-state index contributed by atoms with van der Waals surface area (Å²) in [4.78, 5) is 32.7. The molecule has 0 unspecified atom stereocenters. The van der Waals surface area contributed by atoms with Crippen molar-refractivity contribution in [3.05, 3.63) is 0 Å². The molecule has 1 aliphatic heterocycles. The molecule has 1 aliphatic rings. The van der Waals surface area contributed by atoms with E-state index in [1.54, 1.807) is 0 Å². The van der Waals surface area contributed by atoms with Crippen molar-refractivity contribution in [2.45, 2.75) is 6.42 Å². The zero-order valence-corrected chi connectivity index (χ0v) is 8.20. The van der Waals surface area contributed by atoms with E-state index >= 15 is 0 Å². The maximum atomic E-state index is 11.1. The first-order valence-electron chi connectivity index (χ1n) is 3.90. The van der Waals surface area contributed by atoms with Crippen molar-refractivity contribution >= 4 is 28.0 Å². The number of carbonyl (C=O) groups is 3. The molecule has 0 aromatic heterocycles. The van der Waals surface area contributed by atoms with Crippen molar-refractivity contribution in [3.8, 4) is 0 Å². The smallest absolute Gasteiger partial charge is 0.286 e. The summed E-state index contributed by atoms with van der Waals surface area (Å²) in [5.41, 5.74) is 0. The third-order valence-electron chi connectivity index (χ3n) is 1.77. The summed E-state index contributed by atoms with van der Waals surface area (Å²) in [7, 11) is -4.23. The van der Waals surface area contributed by atoms with Crippen LogP contribution < -0.4 is 10.6 Å². The number of carbonyl (C=O) groups excluding carboxylic acids is 3. The summed E-state index contributed by atoms with van der Waals surface area (Å²) in [6, 6.07) is -0.937. The molecule has 0 spiro atoms. The molecule has 1 saturated heterocycles. The molecule has 1 heterocycles. The van der Waals surface area contributed by atoms with Gasteiger partial charge in [-0.1, -0.05) is 0 Å². The van der Waals surface area contributed by atoms with Gasteiger partial charge >= 0.3 is 6.03 Å². The fourth-order valence-corrected chi connectivity index (χ4v) is 1.61. The van der Waals surface area contributed by atoms with E-state index in [1.165, 1.54) is 0 Å². The molecule has 0 aromatic carbocycles. The molecule has 4 amide bonds. The van der Waals surface area contributed by atoms with Crippen LogP contribution in [0, 0.1) is 5.92 Å². The molecule has 0 aromatic rings. The Morgan fingerprint density at radius 3 is 2.00 bits per heavy atom. The third-order valence-corrected chi connectivity index (χ3v) is 2.52. The lowest BCUT2D eigenvalue weighted by Crippen LogP contribution is -2.55. The van der Waals surface area contributed by atoms with Crippen LogP contribution in [0.2, 0.25) is 0 Å². The van der Waals surface area contributed by atoms with Crippen molar-refractivity contribution in [1.82, 2.24) is 10.6 Å². The molecule has 0 bridgehead atoms. The summed E-state index contributed by atoms with van der Waals surface area (Å²) in [5.74, 6) is -3.73. The van der Waals surface area contributed by atoms with Crippen LogP contribution >= 0.6 is 0 Å². The topological polar surface area (TPSA) is 130 Å². The monoisotopic (exact) mass is 236 g/mol. The Hall–Kier alpha value is -1.48. The average Bonchev–Trinajstić information content (AvgIpc) is 1.99. The van der Waals surface area contributed by atoms with E-state index in [1.807, 2.05) is 10.6 Å². The minimum atomic E-state index is -4.23. The molecular formula is C6H8N2O6S. The summed E-state index contributed by atoms with van der Waals surface area (Å²) >= 11 is 0. The van der Waals surface area contributed by atoms with Gasteiger partial charge in [-0.25, -0.2) is 4.79 Å². The Morgan fingerprint density at radius 1 is 1.13 bits per heavy atom. The van der Waals surface area contributed by atoms with Crippen molar-refractivity contribution in [1.29, 1.82) is 0 Å². The standard InChI is InChI=1S/C6H8N2O6S/c9-4-3(1-2-15(12,13)14)5(10)8-6(11)7-4/h3H,1-2H2,(H,12,13,14)(H2,7,8,9,10,11). The number of imide groups is 2. The van der Waals surface area contributed by atoms with E-state index in [0.717, 1.165) is 0 Å². The fraction of sp³-hybridized carbons (Fsp3) is 0.500. The first kappa shape index (κ1) is 11.6. The fourth-order valence-electron chi connectivity index (χ4n) is 1.08. The van der Waals surface area contributed by atoms with Crippen LogP contribution in [0.3, 0.4) is 0 Å². The van der Waals surface area contributed by atoms with Gasteiger partial charge in [0.1, 0.15) is 5.92 Å². The molecule has 9 heteroatoms. The van der Waals surface area contributed by atoms with Crippen LogP contribution in [0.1, 0.15) is 6.42 Å². The Kier molecular flexibility index (Phi) is 3.05. The SMILES string of the molecule is O=C1NC(=O)C(CCS(=O)(=O)O)C(=O)N1. The van der Waals surface area contributed by atoms with Crippen molar-refractivity contribution in [2.75, 3.05) is 5.75 Å². The van der Waals surface area contributed by atoms with E-state index < -0.39 is 39.6 Å². The van der Waals surface area contributed by atoms with E-state index in [4.69, 9.17) is 4.55 Å². The third kappa shape index (κ3) is 3.29. The number of urea groups is 1. The van der Waals surface area contributed by atoms with Crippen molar-refractivity contribution in [3.63, 3.8) is 0 Å². The predicted molar refractivity (Wildman–Crippen MR) is 46.2 cm³/mol. The summed E-state index contributed by atoms with van der Waals surface area (Å²) in [6.07, 6.45) is -0.371. The lowest BCUT2D eigenvalue weighted by atomic mass is 10.0. The van der Waals surface area contributed by atoms with Gasteiger partial charge in [0.05, 0.1) is 5.75 Å². The van der Waals surface area contributed by atoms with E-state index in [0.29, 0.717) is 0 Å². The van der Waals surface area contributed by atoms with Crippen molar-refractivity contribution in [2.24, 2.45) is 5.92 Å². The number of amides is 4. The molecule has 0 radical (unpaired) electrons. The second-order valence-electron chi connectivity index (χ2n) is 2.93. The molecular weight excluding hydrogens is 228 g/mol. The van der Waals surface area contributed by atoms with Gasteiger partial charge in [-0.2, -0.15) is 8.42 Å². The number of nitrogens with one attached hydrogen (secondary N) is 2. The molecule has 0 saturated carbocycles. The van der Waals surface area contributed by atoms with Crippen LogP contribution in [0.5, 0.6) is 0 Å². The normalized spacial score (nSPS) is 18.6. The van der Waals surface area contributed by atoms with Crippen LogP contribution in [-0.4, -0.2) is 36.6 Å². The highest BCUT2D eigenvalue weighted by Gasteiger charge is 2.34. The predicted octanol–water partition coefficient (Wildman–Crippen LogP) is -1.75. The van der Waals surface area contributed by atoms with Crippen LogP contribution in [0.25, 0.3) is 0 Å². The van der Waals surface area contributed by atoms with Crippen LogP contribution in [-0.2, 0) is 19.7 Å². The second-order valence-corrected chi connectivity index (χ2v) is 4.51. The number of hydrogen-bond acceptors (Lipinski definition) is 5. The summed E-state index contributed by atoms with van der Waals surface area (Å²) in [6.45, 7) is 0. The van der Waals surface area contributed by atoms with E-state index in [9.17, 15) is 22.8 Å². The summed E-state index contributed by atoms with van der Waals surface area (Å²) in [5, 5.41) is 3.62. The van der Waals surface area contributed by atoms with Gasteiger partial charge in [0.15, 0.2) is 0 Å². The van der Waals surface area contributed by atoms with E-state index in [-0.39, 0.29) is 6.42 Å². The van der Waals surface area contributed by atoms with Gasteiger partial charge in [0.2, 0.25) is 11.8 Å². The first-order chi connectivity index (χ1) is 6.79. The Bertz CT molecular complexity index is 393. The highest BCUT2D eigenvalue weighted by Crippen LogP contribution is 2.08. The highest BCUT2D eigenvalue weighted by molar-refractivity contribution is 7.85. The largest absolute Gasteiger partial charge is 0.328 e. The minimum Gasteiger partial charge on any atom is -0.286 e. The maximum absolute atomic E-state index is 11.1. The second kappa shape index (κ2) is 3.95. The van der Waals surface area contributed by atoms with Gasteiger partial charge in [-0.05, 0) is 6.42 Å². The summed E-state index contributed by atoms with van der Waals surface area (Å²) < 4.78 is 29.2. The van der Waals surface area contributed by atoms with E-state index in [2.05, 4.69) is 0 Å². The average molecular weight is 236 g/mol. The Balaban J connectivity index is 2.65. The highest BCUT2D eigenvalue weighted by atomic mass is 32.2. The van der Waals surface area contributed by atoms with Gasteiger partial charge < -0.3 is 0 Å². The van der Waals surface area contributed by atoms with Crippen LogP contribution in [0.4, 0.5) is 4.79 Å². The van der Waals surface area contributed by atoms with Crippen LogP contribution in [0.15, 0.2) is 0 Å². The number of rotatable bonds is 3. The zero-order valence-electron chi connectivity index (χ0n) is 7.39. The number of hydrogen-bond donors (Lipinski definition) is 3. The van der Waals surface area contributed by atoms with Gasteiger partial charge in [-0.15, -0.1) is 0 Å². The molecule has 3 N–H and O–H groups in total. The zero-order chi connectivity index (χ0) is 11.6. The first-order valence-corrected chi connectivity index (χ1v) is 5.51. The minimum absolute atomic E-state index is 0.371. The quantitative estimate of drug-likeness (QED) is 0.393. The maximum Gasteiger partial charge on any atom is 0.328 e.